The molecule has 1 N–H and O–H groups in total. The highest BCUT2D eigenvalue weighted by Gasteiger charge is 2.23. The fourth-order valence-electron chi connectivity index (χ4n) is 2.51. The maximum Gasteiger partial charge on any atom is 0.261 e. The molecule has 2 aromatic rings. The van der Waals surface area contributed by atoms with E-state index in [-0.39, 0.29) is 27.1 Å². The molecule has 0 aliphatic heterocycles. The zero-order valence-corrected chi connectivity index (χ0v) is 17.0. The van der Waals surface area contributed by atoms with Crippen LogP contribution in [0.1, 0.15) is 30.9 Å². The Morgan fingerprint density at radius 1 is 1.00 bits per heavy atom. The topological polar surface area (TPSA) is 89.5 Å². The Morgan fingerprint density at radius 2 is 1.58 bits per heavy atom. The molecule has 0 heterocycles. The van der Waals surface area contributed by atoms with E-state index in [0.29, 0.717) is 5.56 Å². The molecule has 0 atom stereocenters. The van der Waals surface area contributed by atoms with E-state index in [0.717, 1.165) is 11.8 Å². The molecule has 0 bridgehead atoms. The van der Waals surface area contributed by atoms with E-state index in [4.69, 9.17) is 4.74 Å². The maximum atomic E-state index is 12.7. The highest BCUT2D eigenvalue weighted by atomic mass is 32.2. The molecule has 0 radical (unpaired) electrons. The van der Waals surface area contributed by atoms with E-state index < -0.39 is 19.9 Å². The number of aryl methyl sites for hydroxylation is 1. The largest absolute Gasteiger partial charge is 0.495 e. The van der Waals surface area contributed by atoms with E-state index in [1.54, 1.807) is 18.2 Å². The number of nitrogens with one attached hydrogen (secondary N) is 1. The summed E-state index contributed by atoms with van der Waals surface area (Å²) in [6.07, 6.45) is 1.05. The van der Waals surface area contributed by atoms with Crippen molar-refractivity contribution >= 4 is 25.5 Å². The van der Waals surface area contributed by atoms with Crippen LogP contribution in [0, 0.1) is 6.92 Å². The highest BCUT2D eigenvalue weighted by Crippen LogP contribution is 2.35. The van der Waals surface area contributed by atoms with Crippen LogP contribution >= 0.6 is 0 Å². The Bertz CT molecular complexity index is 1010. The van der Waals surface area contributed by atoms with Crippen molar-refractivity contribution in [1.82, 2.24) is 0 Å². The lowest BCUT2D eigenvalue weighted by Gasteiger charge is -2.18. The highest BCUT2D eigenvalue weighted by molar-refractivity contribution is 7.92. The Hall–Kier alpha value is -2.06. The molecule has 2 rings (SSSR count). The van der Waals surface area contributed by atoms with Gasteiger partial charge >= 0.3 is 0 Å². The minimum Gasteiger partial charge on any atom is -0.495 e. The lowest BCUT2D eigenvalue weighted by atomic mass is 10.0. The van der Waals surface area contributed by atoms with Crippen LogP contribution < -0.4 is 9.46 Å². The summed E-state index contributed by atoms with van der Waals surface area (Å²) >= 11 is 0. The second-order valence-corrected chi connectivity index (χ2v) is 10.1. The average molecular weight is 398 g/mol. The van der Waals surface area contributed by atoms with Crippen LogP contribution in [0.15, 0.2) is 46.2 Å². The van der Waals surface area contributed by atoms with Gasteiger partial charge in [-0.3, -0.25) is 4.72 Å². The third-order valence-electron chi connectivity index (χ3n) is 3.93. The first-order valence-corrected chi connectivity index (χ1v) is 11.3. The molecular weight excluding hydrogens is 374 g/mol. The summed E-state index contributed by atoms with van der Waals surface area (Å²) in [6, 6.07) is 9.30. The first-order chi connectivity index (χ1) is 12.0. The Kier molecular flexibility index (Phi) is 5.67. The monoisotopic (exact) mass is 397 g/mol. The molecule has 0 saturated carbocycles. The molecule has 0 spiro atoms. The lowest BCUT2D eigenvalue weighted by Crippen LogP contribution is -2.15. The number of ether oxygens (including phenoxy) is 1. The molecule has 0 aliphatic rings. The first kappa shape index (κ1) is 20.3. The zero-order valence-electron chi connectivity index (χ0n) is 15.4. The van der Waals surface area contributed by atoms with E-state index in [1.165, 1.54) is 25.3 Å². The van der Waals surface area contributed by atoms with Gasteiger partial charge < -0.3 is 4.74 Å². The summed E-state index contributed by atoms with van der Waals surface area (Å²) in [5.41, 5.74) is 1.81. The molecule has 0 fully saturated rings. The summed E-state index contributed by atoms with van der Waals surface area (Å²) in [6.45, 7) is 5.64. The predicted octanol–water partition coefficient (Wildman–Crippen LogP) is 3.33. The van der Waals surface area contributed by atoms with Crippen LogP contribution in [0.5, 0.6) is 5.75 Å². The van der Waals surface area contributed by atoms with Crippen LogP contribution in [0.3, 0.4) is 0 Å². The maximum absolute atomic E-state index is 12.7. The number of benzene rings is 2. The van der Waals surface area contributed by atoms with Crippen molar-refractivity contribution in [3.05, 3.63) is 47.5 Å². The van der Waals surface area contributed by atoms with Crippen molar-refractivity contribution in [2.45, 2.75) is 36.5 Å². The molecule has 142 valence electrons. The molecule has 0 saturated heterocycles. The van der Waals surface area contributed by atoms with Crippen LogP contribution in [-0.2, 0) is 19.9 Å². The Balaban J connectivity index is 2.62. The normalized spacial score (nSPS) is 12.2. The van der Waals surface area contributed by atoms with Crippen molar-refractivity contribution in [2.75, 3.05) is 18.1 Å². The van der Waals surface area contributed by atoms with Gasteiger partial charge in [-0.05, 0) is 42.7 Å². The number of rotatable bonds is 6. The van der Waals surface area contributed by atoms with E-state index in [2.05, 4.69) is 4.72 Å². The van der Waals surface area contributed by atoms with Gasteiger partial charge in [-0.1, -0.05) is 31.5 Å². The van der Waals surface area contributed by atoms with Gasteiger partial charge in [-0.2, -0.15) is 0 Å². The quantitative estimate of drug-likeness (QED) is 0.807. The number of anilines is 1. The van der Waals surface area contributed by atoms with Gasteiger partial charge in [0.15, 0.2) is 9.84 Å². The number of methoxy groups -OCH3 is 1. The van der Waals surface area contributed by atoms with E-state index in [9.17, 15) is 16.8 Å². The number of hydrogen-bond acceptors (Lipinski definition) is 5. The first-order valence-electron chi connectivity index (χ1n) is 7.97. The third-order valence-corrected chi connectivity index (χ3v) is 6.43. The molecule has 2 aromatic carbocycles. The molecule has 0 unspecified atom stereocenters. The Morgan fingerprint density at radius 3 is 2.04 bits per heavy atom. The minimum atomic E-state index is -3.85. The van der Waals surface area contributed by atoms with Gasteiger partial charge in [0, 0.05) is 6.26 Å². The molecule has 0 amide bonds. The molecule has 8 heteroatoms. The van der Waals surface area contributed by atoms with Gasteiger partial charge in [0.25, 0.3) is 10.0 Å². The van der Waals surface area contributed by atoms with Crippen LogP contribution in [0.4, 0.5) is 5.69 Å². The smallest absolute Gasteiger partial charge is 0.261 e. The fraction of sp³-hybridized carbons (Fsp3) is 0.333. The van der Waals surface area contributed by atoms with Crippen LogP contribution in [0.2, 0.25) is 0 Å². The van der Waals surface area contributed by atoms with Crippen molar-refractivity contribution in [2.24, 2.45) is 0 Å². The summed E-state index contributed by atoms with van der Waals surface area (Å²) in [4.78, 5) is 0.0422. The van der Waals surface area contributed by atoms with E-state index in [1.807, 2.05) is 20.8 Å². The summed E-state index contributed by atoms with van der Waals surface area (Å²) in [5, 5.41) is 0. The second kappa shape index (κ2) is 7.28. The fourth-order valence-corrected chi connectivity index (χ4v) is 4.43. The molecule has 0 aromatic heterocycles. The summed E-state index contributed by atoms with van der Waals surface area (Å²) in [7, 11) is -6.07. The molecule has 0 aliphatic carbocycles. The van der Waals surface area contributed by atoms with Crippen molar-refractivity contribution in [3.63, 3.8) is 0 Å². The van der Waals surface area contributed by atoms with Gasteiger partial charge in [0.05, 0.1) is 17.7 Å². The molecular formula is C18H23NO5S2. The zero-order chi connectivity index (χ0) is 19.7. The molecule has 6 nitrogen and oxygen atoms in total. The minimum absolute atomic E-state index is 0.0479. The number of hydrogen-bond donors (Lipinski definition) is 1. The number of sulfone groups is 1. The van der Waals surface area contributed by atoms with Gasteiger partial charge in [-0.25, -0.2) is 16.8 Å². The average Bonchev–Trinajstić information content (AvgIpc) is 2.53. The number of sulfonamides is 1. The summed E-state index contributed by atoms with van der Waals surface area (Å²) in [5.74, 6) is 0.141. The SMILES string of the molecule is COc1cc(C(C)C)c(NS(=O)(=O)c2ccc(C)cc2)cc1S(C)(=O)=O. The standard InChI is InChI=1S/C18H23NO5S2/c1-12(2)15-10-17(24-4)18(25(5,20)21)11-16(15)19-26(22,23)14-8-6-13(3)7-9-14/h6-12,19H,1-5H3. The van der Waals surface area contributed by atoms with Crippen molar-refractivity contribution in [3.8, 4) is 5.75 Å². The van der Waals surface area contributed by atoms with Gasteiger partial charge in [-0.15, -0.1) is 0 Å². The lowest BCUT2D eigenvalue weighted by molar-refractivity contribution is 0.402. The van der Waals surface area contributed by atoms with Crippen LogP contribution in [-0.4, -0.2) is 30.2 Å². The second-order valence-electron chi connectivity index (χ2n) is 6.44. The predicted molar refractivity (Wildman–Crippen MR) is 102 cm³/mol. The van der Waals surface area contributed by atoms with Gasteiger partial charge in [0.2, 0.25) is 0 Å². The summed E-state index contributed by atoms with van der Waals surface area (Å²) < 4.78 is 57.3. The van der Waals surface area contributed by atoms with Crippen LogP contribution in [0.25, 0.3) is 0 Å². The van der Waals surface area contributed by atoms with Crippen molar-refractivity contribution in [1.29, 1.82) is 0 Å². The van der Waals surface area contributed by atoms with Crippen molar-refractivity contribution < 1.29 is 21.6 Å². The molecule has 26 heavy (non-hydrogen) atoms. The third kappa shape index (κ3) is 4.37. The van der Waals surface area contributed by atoms with E-state index >= 15 is 0 Å². The Labute approximate surface area is 155 Å². The van der Waals surface area contributed by atoms with Gasteiger partial charge in [0.1, 0.15) is 10.6 Å².